The average molecular weight is 776 g/mol. The predicted octanol–water partition coefficient (Wildman–Crippen LogP) is 11.7. The SMILES string of the molecule is CCCCCCCCCCCCCCCCCC1=N[C@@H](C)C(Cc2ccc(Oc3ccccc3)c(S(=O)(=O)O)c2)C(=O)C1N=Nc1cc(OC)ccc1OC. The van der Waals surface area contributed by atoms with Gasteiger partial charge < -0.3 is 14.2 Å². The third-order valence-electron chi connectivity index (χ3n) is 10.3. The molecule has 3 aromatic rings. The average Bonchev–Trinajstić information content (AvgIpc) is 3.18. The second kappa shape index (κ2) is 23.1. The van der Waals surface area contributed by atoms with Crippen molar-refractivity contribution < 1.29 is 32.0 Å². The van der Waals surface area contributed by atoms with Crippen molar-refractivity contribution in [1.82, 2.24) is 0 Å². The molecule has 2 unspecified atom stereocenters. The normalized spacial score (nSPS) is 17.4. The van der Waals surface area contributed by atoms with Crippen LogP contribution in [0, 0.1) is 5.92 Å². The number of ketones is 1. The van der Waals surface area contributed by atoms with E-state index >= 15 is 0 Å². The lowest BCUT2D eigenvalue weighted by Gasteiger charge is -2.30. The molecule has 300 valence electrons. The first kappa shape index (κ1) is 43.6. The minimum atomic E-state index is -4.64. The van der Waals surface area contributed by atoms with Crippen molar-refractivity contribution in [3.8, 4) is 23.0 Å². The summed E-state index contributed by atoms with van der Waals surface area (Å²) in [5.74, 6) is 0.751. The molecule has 0 saturated heterocycles. The number of hydrogen-bond acceptors (Lipinski definition) is 9. The number of benzene rings is 3. The fourth-order valence-corrected chi connectivity index (χ4v) is 7.79. The molecule has 1 N–H and O–H groups in total. The van der Waals surface area contributed by atoms with Gasteiger partial charge >= 0.3 is 0 Å². The van der Waals surface area contributed by atoms with Crippen LogP contribution in [-0.2, 0) is 21.3 Å². The molecule has 3 atom stereocenters. The summed E-state index contributed by atoms with van der Waals surface area (Å²) in [7, 11) is -1.53. The Hall–Kier alpha value is -4.09. The molecule has 0 saturated carbocycles. The molecule has 0 aliphatic carbocycles. The standard InChI is InChI=1S/C44H61N3O7S/c1-5-6-7-8-9-10-11-12-13-14-15-16-17-18-22-25-38-43(47-46-39-32-36(52-3)27-29-40(39)53-4)44(48)37(33(2)45-38)30-34-26-28-41(42(31-34)55(49,50)51)54-35-23-20-19-21-24-35/h19-21,23-24,26-29,31-33,37,43H,5-18,22,25,30H2,1-4H3,(H,49,50,51)/t33-,37?,43?/m0/s1. The smallest absolute Gasteiger partial charge is 0.298 e. The van der Waals surface area contributed by atoms with Crippen LogP contribution in [0.1, 0.15) is 122 Å². The van der Waals surface area contributed by atoms with E-state index in [0.29, 0.717) is 40.6 Å². The third kappa shape index (κ3) is 14.2. The molecule has 0 radical (unpaired) electrons. The molecule has 0 amide bonds. The number of methoxy groups -OCH3 is 2. The number of Topliss-reactive ketones (excluding diaryl/α,β-unsaturated/α-hetero) is 1. The zero-order valence-corrected chi connectivity index (χ0v) is 34.1. The third-order valence-corrected chi connectivity index (χ3v) is 11.2. The minimum Gasteiger partial charge on any atom is -0.497 e. The number of nitrogens with zero attached hydrogens (tertiary/aromatic N) is 3. The van der Waals surface area contributed by atoms with Crippen molar-refractivity contribution in [1.29, 1.82) is 0 Å². The first-order valence-electron chi connectivity index (χ1n) is 20.2. The Morgan fingerprint density at radius 2 is 1.33 bits per heavy atom. The Kier molecular flexibility index (Phi) is 18.3. The van der Waals surface area contributed by atoms with Gasteiger partial charge in [0, 0.05) is 17.7 Å². The highest BCUT2D eigenvalue weighted by molar-refractivity contribution is 7.86. The van der Waals surface area contributed by atoms with E-state index in [2.05, 4.69) is 17.2 Å². The summed E-state index contributed by atoms with van der Waals surface area (Å²) in [5.41, 5.74) is 1.69. The first-order valence-corrected chi connectivity index (χ1v) is 21.6. The van der Waals surface area contributed by atoms with Gasteiger partial charge in [-0.2, -0.15) is 18.6 Å². The zero-order chi connectivity index (χ0) is 39.5. The van der Waals surface area contributed by atoms with E-state index in [0.717, 1.165) is 19.3 Å². The molecule has 0 spiro atoms. The molecule has 11 heteroatoms. The van der Waals surface area contributed by atoms with Gasteiger partial charge in [-0.3, -0.25) is 14.3 Å². The highest BCUT2D eigenvalue weighted by Gasteiger charge is 2.39. The molecule has 4 rings (SSSR count). The van der Waals surface area contributed by atoms with Gasteiger partial charge in [0.1, 0.15) is 33.6 Å². The lowest BCUT2D eigenvalue weighted by atomic mass is 9.81. The van der Waals surface area contributed by atoms with E-state index in [1.165, 1.54) is 89.2 Å². The molecule has 1 heterocycles. The second-order valence-electron chi connectivity index (χ2n) is 14.6. The van der Waals surface area contributed by atoms with E-state index in [4.69, 9.17) is 19.2 Å². The molecule has 3 aromatic carbocycles. The fourth-order valence-electron chi connectivity index (χ4n) is 7.13. The van der Waals surface area contributed by atoms with Crippen molar-refractivity contribution in [2.24, 2.45) is 21.1 Å². The number of carbonyl (C=O) groups excluding carboxylic acids is 1. The highest BCUT2D eigenvalue weighted by Crippen LogP contribution is 2.35. The molecular formula is C44H61N3O7S. The van der Waals surface area contributed by atoms with E-state index in [9.17, 15) is 17.8 Å². The monoisotopic (exact) mass is 775 g/mol. The quantitative estimate of drug-likeness (QED) is 0.0514. The van der Waals surface area contributed by atoms with Crippen LogP contribution in [-0.4, -0.2) is 50.8 Å². The van der Waals surface area contributed by atoms with Crippen LogP contribution in [0.3, 0.4) is 0 Å². The maximum absolute atomic E-state index is 14.3. The Morgan fingerprint density at radius 3 is 1.91 bits per heavy atom. The van der Waals surface area contributed by atoms with Crippen molar-refractivity contribution in [2.45, 2.75) is 140 Å². The van der Waals surface area contributed by atoms with Gasteiger partial charge in [-0.1, -0.05) is 121 Å². The topological polar surface area (TPSA) is 136 Å². The Balaban J connectivity index is 1.41. The number of unbranched alkanes of at least 4 members (excludes halogenated alkanes) is 14. The van der Waals surface area contributed by atoms with Gasteiger partial charge in [0.2, 0.25) is 0 Å². The predicted molar refractivity (Wildman–Crippen MR) is 219 cm³/mol. The molecule has 10 nitrogen and oxygen atoms in total. The van der Waals surface area contributed by atoms with Gasteiger partial charge in [0.05, 0.1) is 20.3 Å². The number of carbonyl (C=O) groups is 1. The summed E-state index contributed by atoms with van der Waals surface area (Å²) < 4.78 is 51.7. The van der Waals surface area contributed by atoms with E-state index in [1.807, 2.05) is 13.0 Å². The summed E-state index contributed by atoms with van der Waals surface area (Å²) in [6.07, 6.45) is 19.9. The van der Waals surface area contributed by atoms with Crippen molar-refractivity contribution in [3.63, 3.8) is 0 Å². The summed E-state index contributed by atoms with van der Waals surface area (Å²) in [5, 5.41) is 9.07. The second-order valence-corrected chi connectivity index (χ2v) is 16.0. The lowest BCUT2D eigenvalue weighted by molar-refractivity contribution is -0.123. The van der Waals surface area contributed by atoms with Crippen LogP contribution in [0.2, 0.25) is 0 Å². The minimum absolute atomic E-state index is 0.0109. The molecule has 1 aliphatic rings. The number of para-hydroxylation sites is 1. The Bertz CT molecular complexity index is 1800. The molecule has 0 bridgehead atoms. The van der Waals surface area contributed by atoms with Gasteiger partial charge in [-0.25, -0.2) is 0 Å². The van der Waals surface area contributed by atoms with E-state index < -0.39 is 22.1 Å². The number of hydrogen-bond donors (Lipinski definition) is 1. The van der Waals surface area contributed by atoms with E-state index in [1.54, 1.807) is 62.8 Å². The fraction of sp³-hybridized carbons (Fsp3) is 0.545. The number of azo groups is 1. The molecule has 55 heavy (non-hydrogen) atoms. The Morgan fingerprint density at radius 1 is 0.727 bits per heavy atom. The molecular weight excluding hydrogens is 715 g/mol. The van der Waals surface area contributed by atoms with Gasteiger partial charge in [-0.15, -0.1) is 0 Å². The van der Waals surface area contributed by atoms with E-state index in [-0.39, 0.29) is 28.9 Å². The van der Waals surface area contributed by atoms with Crippen molar-refractivity contribution >= 4 is 27.3 Å². The van der Waals surface area contributed by atoms with Crippen LogP contribution >= 0.6 is 0 Å². The number of ether oxygens (including phenoxy) is 3. The largest absolute Gasteiger partial charge is 0.497 e. The summed E-state index contributed by atoms with van der Waals surface area (Å²) in [6, 6.07) is 17.2. The van der Waals surface area contributed by atoms with Gasteiger partial charge in [0.25, 0.3) is 10.1 Å². The molecule has 0 fully saturated rings. The van der Waals surface area contributed by atoms with Crippen LogP contribution in [0.15, 0.2) is 86.8 Å². The highest BCUT2D eigenvalue weighted by atomic mass is 32.2. The van der Waals surface area contributed by atoms with Gasteiger partial charge in [0.15, 0.2) is 11.8 Å². The molecule has 0 aromatic heterocycles. The molecule has 1 aliphatic heterocycles. The Labute approximate surface area is 329 Å². The lowest BCUT2D eigenvalue weighted by Crippen LogP contribution is -2.44. The number of aliphatic imine (C=N–C) groups is 1. The van der Waals surface area contributed by atoms with Crippen LogP contribution < -0.4 is 14.2 Å². The maximum atomic E-state index is 14.3. The summed E-state index contributed by atoms with van der Waals surface area (Å²) in [4.78, 5) is 19.0. The summed E-state index contributed by atoms with van der Waals surface area (Å²) in [6.45, 7) is 4.17. The van der Waals surface area contributed by atoms with Crippen LogP contribution in [0.5, 0.6) is 23.0 Å². The van der Waals surface area contributed by atoms with Gasteiger partial charge in [-0.05, 0) is 68.1 Å². The summed E-state index contributed by atoms with van der Waals surface area (Å²) >= 11 is 0. The first-order chi connectivity index (χ1) is 26.6. The van der Waals surface area contributed by atoms with Crippen LogP contribution in [0.4, 0.5) is 5.69 Å². The number of rotatable bonds is 25. The van der Waals surface area contributed by atoms with Crippen molar-refractivity contribution in [3.05, 3.63) is 72.3 Å². The van der Waals surface area contributed by atoms with Crippen LogP contribution in [0.25, 0.3) is 0 Å². The maximum Gasteiger partial charge on any atom is 0.298 e. The van der Waals surface area contributed by atoms with Crippen molar-refractivity contribution in [2.75, 3.05) is 14.2 Å². The zero-order valence-electron chi connectivity index (χ0n) is 33.3.